The quantitative estimate of drug-likeness (QED) is 0.932. The Morgan fingerprint density at radius 2 is 2.14 bits per heavy atom. The molecular weight excluding hydrogens is 264 g/mol. The zero-order valence-corrected chi connectivity index (χ0v) is 12.4. The molecule has 0 bridgehead atoms. The normalized spacial score (nSPS) is 23.3. The molecule has 2 aromatic rings. The molecule has 5 heteroatoms. The fraction of sp³-hybridized carbons (Fsp3) is 0.500. The molecule has 2 unspecified atom stereocenters. The maximum Gasteiger partial charge on any atom is 0.257 e. The predicted molar refractivity (Wildman–Crippen MR) is 81.3 cm³/mol. The van der Waals surface area contributed by atoms with Gasteiger partial charge in [0.25, 0.3) is 5.89 Å². The summed E-state index contributed by atoms with van der Waals surface area (Å²) < 4.78 is 5.35. The van der Waals surface area contributed by atoms with Gasteiger partial charge in [0.1, 0.15) is 0 Å². The maximum absolute atomic E-state index is 5.85. The van der Waals surface area contributed by atoms with Crippen LogP contribution in [0.4, 0.5) is 0 Å². The summed E-state index contributed by atoms with van der Waals surface area (Å²) in [6, 6.07) is 9.87. The second-order valence-electron chi connectivity index (χ2n) is 5.88. The van der Waals surface area contributed by atoms with Crippen molar-refractivity contribution in [3.05, 3.63) is 36.2 Å². The Kier molecular flexibility index (Phi) is 4.31. The Morgan fingerprint density at radius 3 is 2.90 bits per heavy atom. The first-order valence-corrected chi connectivity index (χ1v) is 7.56. The van der Waals surface area contributed by atoms with Crippen molar-refractivity contribution in [1.82, 2.24) is 15.0 Å². The largest absolute Gasteiger partial charge is 0.334 e. The minimum atomic E-state index is 0.569. The van der Waals surface area contributed by atoms with Crippen LogP contribution >= 0.6 is 0 Å². The highest BCUT2D eigenvalue weighted by Gasteiger charge is 2.26. The van der Waals surface area contributed by atoms with Crippen LogP contribution < -0.4 is 5.73 Å². The number of hydrogen-bond donors (Lipinski definition) is 1. The van der Waals surface area contributed by atoms with Gasteiger partial charge in [0.05, 0.1) is 6.54 Å². The standard InChI is InChI=1S/C16H22N4O/c1-12-7-8-20(10-14(12)9-17)11-15-18-16(21-19-15)13-5-3-2-4-6-13/h2-6,12,14H,7-11,17H2,1H3. The van der Waals surface area contributed by atoms with E-state index < -0.39 is 0 Å². The van der Waals surface area contributed by atoms with Crippen LogP contribution in [-0.2, 0) is 6.54 Å². The number of benzene rings is 1. The van der Waals surface area contributed by atoms with Crippen molar-refractivity contribution in [1.29, 1.82) is 0 Å². The summed E-state index contributed by atoms with van der Waals surface area (Å²) in [7, 11) is 0. The van der Waals surface area contributed by atoms with E-state index in [0.717, 1.165) is 37.6 Å². The molecule has 21 heavy (non-hydrogen) atoms. The van der Waals surface area contributed by atoms with Gasteiger partial charge in [0, 0.05) is 12.1 Å². The lowest BCUT2D eigenvalue weighted by molar-refractivity contribution is 0.122. The Labute approximate surface area is 125 Å². The highest BCUT2D eigenvalue weighted by Crippen LogP contribution is 2.23. The Bertz CT molecular complexity index is 569. The molecule has 0 amide bonds. The number of hydrogen-bond acceptors (Lipinski definition) is 5. The fourth-order valence-electron chi connectivity index (χ4n) is 2.89. The number of rotatable bonds is 4. The van der Waals surface area contributed by atoms with Crippen LogP contribution in [0.5, 0.6) is 0 Å². The zero-order valence-electron chi connectivity index (χ0n) is 12.4. The minimum absolute atomic E-state index is 0.569. The summed E-state index contributed by atoms with van der Waals surface area (Å²) in [5, 5.41) is 4.10. The number of aromatic nitrogens is 2. The van der Waals surface area contributed by atoms with Crippen LogP contribution in [0.15, 0.2) is 34.9 Å². The summed E-state index contributed by atoms with van der Waals surface area (Å²) in [6.07, 6.45) is 1.19. The van der Waals surface area contributed by atoms with E-state index >= 15 is 0 Å². The monoisotopic (exact) mass is 286 g/mol. The first kappa shape index (κ1) is 14.2. The SMILES string of the molecule is CC1CCN(Cc2noc(-c3ccccc3)n2)CC1CN. The van der Waals surface area contributed by atoms with Gasteiger partial charge in [-0.3, -0.25) is 4.90 Å². The van der Waals surface area contributed by atoms with Gasteiger partial charge < -0.3 is 10.3 Å². The molecule has 0 saturated carbocycles. The van der Waals surface area contributed by atoms with E-state index in [1.807, 2.05) is 30.3 Å². The lowest BCUT2D eigenvalue weighted by Crippen LogP contribution is -2.42. The Morgan fingerprint density at radius 1 is 1.33 bits per heavy atom. The number of nitrogens with zero attached hydrogens (tertiary/aromatic N) is 3. The van der Waals surface area contributed by atoms with E-state index in [4.69, 9.17) is 10.3 Å². The molecule has 0 aliphatic carbocycles. The molecule has 112 valence electrons. The summed E-state index contributed by atoms with van der Waals surface area (Å²) in [4.78, 5) is 6.87. The molecule has 1 aliphatic heterocycles. The molecule has 5 nitrogen and oxygen atoms in total. The molecule has 1 fully saturated rings. The van der Waals surface area contributed by atoms with Gasteiger partial charge >= 0.3 is 0 Å². The van der Waals surface area contributed by atoms with Crippen molar-refractivity contribution < 1.29 is 4.52 Å². The number of piperidine rings is 1. The Balaban J connectivity index is 1.65. The van der Waals surface area contributed by atoms with Crippen LogP contribution in [0.25, 0.3) is 11.5 Å². The number of nitrogens with two attached hydrogens (primary N) is 1. The number of likely N-dealkylation sites (tertiary alicyclic amines) is 1. The van der Waals surface area contributed by atoms with Gasteiger partial charge in [-0.05, 0) is 43.5 Å². The molecule has 0 radical (unpaired) electrons. The van der Waals surface area contributed by atoms with Crippen LogP contribution in [0.1, 0.15) is 19.2 Å². The molecule has 1 aromatic carbocycles. The van der Waals surface area contributed by atoms with Crippen LogP contribution in [0.3, 0.4) is 0 Å². The third kappa shape index (κ3) is 3.31. The van der Waals surface area contributed by atoms with Crippen LogP contribution in [-0.4, -0.2) is 34.7 Å². The molecule has 2 N–H and O–H groups in total. The van der Waals surface area contributed by atoms with E-state index in [2.05, 4.69) is 22.0 Å². The highest BCUT2D eigenvalue weighted by molar-refractivity contribution is 5.51. The first-order chi connectivity index (χ1) is 10.3. The highest BCUT2D eigenvalue weighted by atomic mass is 16.5. The third-order valence-corrected chi connectivity index (χ3v) is 4.35. The molecule has 3 rings (SSSR count). The fourth-order valence-corrected chi connectivity index (χ4v) is 2.89. The van der Waals surface area contributed by atoms with Crippen molar-refractivity contribution in [2.24, 2.45) is 17.6 Å². The van der Waals surface area contributed by atoms with Crippen LogP contribution in [0, 0.1) is 11.8 Å². The molecule has 2 atom stereocenters. The second kappa shape index (κ2) is 6.37. The molecule has 1 aliphatic rings. The van der Waals surface area contributed by atoms with Crippen molar-refractivity contribution in [2.45, 2.75) is 19.9 Å². The lowest BCUT2D eigenvalue weighted by atomic mass is 9.87. The Hall–Kier alpha value is -1.72. The van der Waals surface area contributed by atoms with Gasteiger partial charge in [0.15, 0.2) is 5.82 Å². The van der Waals surface area contributed by atoms with Gasteiger partial charge in [0.2, 0.25) is 0 Å². The smallest absolute Gasteiger partial charge is 0.257 e. The molecule has 0 spiro atoms. The van der Waals surface area contributed by atoms with Gasteiger partial charge in [-0.15, -0.1) is 0 Å². The molecule has 1 aromatic heterocycles. The van der Waals surface area contributed by atoms with E-state index in [0.29, 0.717) is 17.7 Å². The van der Waals surface area contributed by atoms with E-state index in [9.17, 15) is 0 Å². The minimum Gasteiger partial charge on any atom is -0.334 e. The second-order valence-corrected chi connectivity index (χ2v) is 5.88. The van der Waals surface area contributed by atoms with Crippen molar-refractivity contribution >= 4 is 0 Å². The average molecular weight is 286 g/mol. The summed E-state index contributed by atoms with van der Waals surface area (Å²) in [6.45, 7) is 5.87. The molecule has 2 heterocycles. The van der Waals surface area contributed by atoms with Crippen molar-refractivity contribution in [3.8, 4) is 11.5 Å². The lowest BCUT2D eigenvalue weighted by Gasteiger charge is -2.35. The first-order valence-electron chi connectivity index (χ1n) is 7.56. The van der Waals surface area contributed by atoms with Crippen molar-refractivity contribution in [3.63, 3.8) is 0 Å². The zero-order chi connectivity index (χ0) is 14.7. The maximum atomic E-state index is 5.85. The topological polar surface area (TPSA) is 68.2 Å². The van der Waals surface area contributed by atoms with Gasteiger partial charge in [-0.1, -0.05) is 30.3 Å². The van der Waals surface area contributed by atoms with E-state index in [1.165, 1.54) is 6.42 Å². The third-order valence-electron chi connectivity index (χ3n) is 4.35. The van der Waals surface area contributed by atoms with E-state index in [-0.39, 0.29) is 0 Å². The summed E-state index contributed by atoms with van der Waals surface area (Å²) >= 11 is 0. The molecule has 1 saturated heterocycles. The summed E-state index contributed by atoms with van der Waals surface area (Å²) in [5.41, 5.74) is 6.81. The van der Waals surface area contributed by atoms with Crippen LogP contribution in [0.2, 0.25) is 0 Å². The van der Waals surface area contributed by atoms with E-state index in [1.54, 1.807) is 0 Å². The molecular formula is C16H22N4O. The summed E-state index contributed by atoms with van der Waals surface area (Å²) in [5.74, 6) is 2.61. The van der Waals surface area contributed by atoms with Gasteiger partial charge in [-0.25, -0.2) is 0 Å². The van der Waals surface area contributed by atoms with Crippen molar-refractivity contribution in [2.75, 3.05) is 19.6 Å². The predicted octanol–water partition coefficient (Wildman–Crippen LogP) is 2.15. The van der Waals surface area contributed by atoms with Gasteiger partial charge in [-0.2, -0.15) is 4.98 Å². The average Bonchev–Trinajstić information content (AvgIpc) is 2.98.